The molecule has 1 rings (SSSR count). The normalized spacial score (nSPS) is 11.9. The van der Waals surface area contributed by atoms with Crippen LogP contribution >= 0.6 is 0 Å². The van der Waals surface area contributed by atoms with Crippen molar-refractivity contribution in [1.82, 2.24) is 9.78 Å². The van der Waals surface area contributed by atoms with E-state index in [1.54, 1.807) is 4.68 Å². The largest absolute Gasteiger partial charge is 0.465 e. The Kier molecular flexibility index (Phi) is 4.54. The number of aromatic nitrogens is 2. The molecule has 0 saturated heterocycles. The molecule has 0 atom stereocenters. The Hall–Kier alpha value is -1.32. The fourth-order valence-electron chi connectivity index (χ4n) is 1.72. The van der Waals surface area contributed by atoms with Gasteiger partial charge in [-0.05, 0) is 18.9 Å². The molecular formula is C14H24N2O2. The molecule has 0 spiro atoms. The van der Waals surface area contributed by atoms with Crippen LogP contribution in [0.1, 0.15) is 58.8 Å². The molecule has 0 aliphatic rings. The van der Waals surface area contributed by atoms with Gasteiger partial charge >= 0.3 is 5.97 Å². The molecule has 0 saturated carbocycles. The van der Waals surface area contributed by atoms with Crippen LogP contribution in [0.2, 0.25) is 0 Å². The summed E-state index contributed by atoms with van der Waals surface area (Å²) in [6.07, 6.45) is 0. The van der Waals surface area contributed by atoms with Gasteiger partial charge in [-0.15, -0.1) is 0 Å². The van der Waals surface area contributed by atoms with Crippen molar-refractivity contribution in [3.8, 4) is 0 Å². The average Bonchev–Trinajstić information content (AvgIpc) is 2.61. The maximum Gasteiger partial charge on any atom is 0.327 e. The van der Waals surface area contributed by atoms with Gasteiger partial charge in [-0.2, -0.15) is 5.10 Å². The van der Waals surface area contributed by atoms with E-state index in [0.717, 1.165) is 11.4 Å². The summed E-state index contributed by atoms with van der Waals surface area (Å²) in [6.45, 7) is 13.0. The van der Waals surface area contributed by atoms with Crippen molar-refractivity contribution in [2.75, 3.05) is 6.61 Å². The zero-order chi connectivity index (χ0) is 13.9. The first-order valence-corrected chi connectivity index (χ1v) is 6.49. The number of hydrogen-bond donors (Lipinski definition) is 0. The van der Waals surface area contributed by atoms with Gasteiger partial charge in [-0.3, -0.25) is 9.48 Å². The number of carbonyl (C=O) groups excluding carboxylic acids is 1. The van der Waals surface area contributed by atoms with E-state index in [2.05, 4.69) is 45.8 Å². The molecule has 4 nitrogen and oxygen atoms in total. The molecule has 0 amide bonds. The molecule has 0 radical (unpaired) electrons. The molecule has 0 fully saturated rings. The van der Waals surface area contributed by atoms with Crippen molar-refractivity contribution >= 4 is 5.97 Å². The third-order valence-electron chi connectivity index (χ3n) is 2.76. The molecular weight excluding hydrogens is 228 g/mol. The van der Waals surface area contributed by atoms with Crippen LogP contribution in [0.3, 0.4) is 0 Å². The first-order valence-electron chi connectivity index (χ1n) is 6.49. The highest BCUT2D eigenvalue weighted by molar-refractivity contribution is 5.69. The smallest absolute Gasteiger partial charge is 0.327 e. The molecule has 0 bridgehead atoms. The molecule has 102 valence electrons. The summed E-state index contributed by atoms with van der Waals surface area (Å²) in [6, 6.07) is 2.09. The van der Waals surface area contributed by atoms with Crippen molar-refractivity contribution in [2.45, 2.75) is 59.4 Å². The van der Waals surface area contributed by atoms with Crippen LogP contribution in [0.4, 0.5) is 0 Å². The molecule has 0 aliphatic carbocycles. The lowest BCUT2D eigenvalue weighted by atomic mass is 9.92. The van der Waals surface area contributed by atoms with Crippen LogP contribution in [0.25, 0.3) is 0 Å². The number of nitrogens with zero attached hydrogens (tertiary/aromatic N) is 2. The van der Waals surface area contributed by atoms with Crippen molar-refractivity contribution < 1.29 is 9.53 Å². The van der Waals surface area contributed by atoms with E-state index >= 15 is 0 Å². The molecule has 1 aromatic rings. The van der Waals surface area contributed by atoms with E-state index in [9.17, 15) is 4.79 Å². The molecule has 0 aliphatic heterocycles. The van der Waals surface area contributed by atoms with E-state index in [4.69, 9.17) is 4.74 Å². The zero-order valence-corrected chi connectivity index (χ0v) is 12.3. The summed E-state index contributed by atoms with van der Waals surface area (Å²) in [7, 11) is 0. The Labute approximate surface area is 109 Å². The molecule has 0 aromatic carbocycles. The molecule has 0 unspecified atom stereocenters. The molecule has 1 heterocycles. The van der Waals surface area contributed by atoms with E-state index in [1.807, 2.05) is 6.92 Å². The first kappa shape index (κ1) is 14.7. The predicted octanol–water partition coefficient (Wildman–Crippen LogP) is 2.87. The Bertz CT molecular complexity index is 414. The maximum atomic E-state index is 11.6. The minimum absolute atomic E-state index is 0.0104. The summed E-state index contributed by atoms with van der Waals surface area (Å²) in [5, 5.41) is 4.54. The lowest BCUT2D eigenvalue weighted by Gasteiger charge is -2.14. The lowest BCUT2D eigenvalue weighted by Crippen LogP contribution is -2.18. The van der Waals surface area contributed by atoms with Crippen LogP contribution in [-0.4, -0.2) is 22.4 Å². The van der Waals surface area contributed by atoms with Gasteiger partial charge in [0.2, 0.25) is 0 Å². The summed E-state index contributed by atoms with van der Waals surface area (Å²) >= 11 is 0. The van der Waals surface area contributed by atoms with E-state index in [1.165, 1.54) is 0 Å². The second-order valence-corrected chi connectivity index (χ2v) is 5.82. The van der Waals surface area contributed by atoms with Crippen LogP contribution in [0, 0.1) is 0 Å². The summed E-state index contributed by atoms with van der Waals surface area (Å²) in [4.78, 5) is 11.6. The number of esters is 1. The van der Waals surface area contributed by atoms with Crippen molar-refractivity contribution in [3.63, 3.8) is 0 Å². The highest BCUT2D eigenvalue weighted by atomic mass is 16.5. The second kappa shape index (κ2) is 5.55. The van der Waals surface area contributed by atoms with E-state index in [-0.39, 0.29) is 17.9 Å². The Morgan fingerprint density at radius 2 is 2.06 bits per heavy atom. The molecule has 4 heteroatoms. The van der Waals surface area contributed by atoms with Crippen LogP contribution in [0.15, 0.2) is 6.07 Å². The summed E-state index contributed by atoms with van der Waals surface area (Å²) in [5.41, 5.74) is 2.08. The quantitative estimate of drug-likeness (QED) is 0.774. The van der Waals surface area contributed by atoms with Gasteiger partial charge in [-0.1, -0.05) is 34.6 Å². The fourth-order valence-corrected chi connectivity index (χ4v) is 1.72. The SMILES string of the molecule is CCOC(=O)Cn1nc(C(C)(C)C)cc1C(C)C. The lowest BCUT2D eigenvalue weighted by molar-refractivity contribution is -0.144. The Morgan fingerprint density at radius 3 is 2.50 bits per heavy atom. The minimum Gasteiger partial charge on any atom is -0.465 e. The van der Waals surface area contributed by atoms with Crippen LogP contribution in [-0.2, 0) is 21.5 Å². The predicted molar refractivity (Wildman–Crippen MR) is 71.6 cm³/mol. The van der Waals surface area contributed by atoms with Crippen molar-refractivity contribution in [1.29, 1.82) is 0 Å². The average molecular weight is 252 g/mol. The zero-order valence-electron chi connectivity index (χ0n) is 12.3. The standard InChI is InChI=1S/C14H24N2O2/c1-7-18-13(17)9-16-11(10(2)3)8-12(15-16)14(4,5)6/h8,10H,7,9H2,1-6H3. The second-order valence-electron chi connectivity index (χ2n) is 5.82. The fraction of sp³-hybridized carbons (Fsp3) is 0.714. The van der Waals surface area contributed by atoms with Crippen molar-refractivity contribution in [2.24, 2.45) is 0 Å². The van der Waals surface area contributed by atoms with Crippen LogP contribution in [0.5, 0.6) is 0 Å². The van der Waals surface area contributed by atoms with Gasteiger partial charge in [0.15, 0.2) is 0 Å². The third kappa shape index (κ3) is 3.59. The molecule has 1 aromatic heterocycles. The van der Waals surface area contributed by atoms with Crippen LogP contribution < -0.4 is 0 Å². The number of rotatable bonds is 4. The monoisotopic (exact) mass is 252 g/mol. The number of carbonyl (C=O) groups is 1. The van der Waals surface area contributed by atoms with E-state index in [0.29, 0.717) is 12.5 Å². The third-order valence-corrected chi connectivity index (χ3v) is 2.76. The van der Waals surface area contributed by atoms with Crippen molar-refractivity contribution in [3.05, 3.63) is 17.5 Å². The van der Waals surface area contributed by atoms with E-state index < -0.39 is 0 Å². The first-order chi connectivity index (χ1) is 8.25. The van der Waals surface area contributed by atoms with Gasteiger partial charge in [0.25, 0.3) is 0 Å². The summed E-state index contributed by atoms with van der Waals surface area (Å²) < 4.78 is 6.74. The van der Waals surface area contributed by atoms with Gasteiger partial charge < -0.3 is 4.74 Å². The summed E-state index contributed by atoms with van der Waals surface area (Å²) in [5.74, 6) is 0.103. The number of hydrogen-bond acceptors (Lipinski definition) is 3. The van der Waals surface area contributed by atoms with Gasteiger partial charge in [0, 0.05) is 11.1 Å². The number of ether oxygens (including phenoxy) is 1. The highest BCUT2D eigenvalue weighted by Gasteiger charge is 2.22. The Morgan fingerprint density at radius 1 is 1.44 bits per heavy atom. The maximum absolute atomic E-state index is 11.6. The van der Waals surface area contributed by atoms with Gasteiger partial charge in [0.1, 0.15) is 6.54 Å². The minimum atomic E-state index is -0.233. The topological polar surface area (TPSA) is 44.1 Å². The Balaban J connectivity index is 3.02. The molecule has 18 heavy (non-hydrogen) atoms. The van der Waals surface area contributed by atoms with Gasteiger partial charge in [0.05, 0.1) is 12.3 Å². The van der Waals surface area contributed by atoms with Gasteiger partial charge in [-0.25, -0.2) is 0 Å². The molecule has 0 N–H and O–H groups in total. The highest BCUT2D eigenvalue weighted by Crippen LogP contribution is 2.25.